The fraction of sp³-hybridized carbons (Fsp3) is 0.567. The lowest BCUT2D eigenvalue weighted by Gasteiger charge is -2.56. The number of nitrogens with zero attached hydrogens (tertiary/aromatic N) is 2. The van der Waals surface area contributed by atoms with E-state index in [9.17, 15) is 4.79 Å². The zero-order valence-electron chi connectivity index (χ0n) is 20.5. The Morgan fingerprint density at radius 1 is 0.941 bits per heavy atom. The van der Waals surface area contributed by atoms with Crippen LogP contribution in [-0.4, -0.2) is 43.2 Å². The van der Waals surface area contributed by atoms with E-state index in [1.165, 1.54) is 63.6 Å². The summed E-state index contributed by atoms with van der Waals surface area (Å²) in [5.41, 5.74) is 5.72. The monoisotopic (exact) mass is 458 g/mol. The number of carbonyl (C=O) groups is 1. The lowest BCUT2D eigenvalue weighted by atomic mass is 9.59. The largest absolute Gasteiger partial charge is 0.462 e. The molecule has 2 aromatic rings. The van der Waals surface area contributed by atoms with Gasteiger partial charge < -0.3 is 9.64 Å². The van der Waals surface area contributed by atoms with E-state index in [0.29, 0.717) is 23.6 Å². The normalized spacial score (nSPS) is 24.9. The minimum absolute atomic E-state index is 0.230. The molecule has 2 saturated carbocycles. The minimum atomic E-state index is -0.230. The van der Waals surface area contributed by atoms with E-state index in [2.05, 4.69) is 46.2 Å². The molecule has 1 spiro atoms. The fourth-order valence-corrected chi connectivity index (χ4v) is 6.99. The third kappa shape index (κ3) is 4.15. The van der Waals surface area contributed by atoms with Crippen molar-refractivity contribution in [2.24, 2.45) is 5.41 Å². The van der Waals surface area contributed by atoms with E-state index < -0.39 is 0 Å². The summed E-state index contributed by atoms with van der Waals surface area (Å²) >= 11 is 0. The van der Waals surface area contributed by atoms with Gasteiger partial charge in [0.1, 0.15) is 0 Å². The van der Waals surface area contributed by atoms with Gasteiger partial charge in [-0.25, -0.2) is 4.79 Å². The number of rotatable bonds is 6. The van der Waals surface area contributed by atoms with Crippen LogP contribution in [0.4, 0.5) is 5.69 Å². The van der Waals surface area contributed by atoms with E-state index in [0.717, 1.165) is 25.0 Å². The Hall–Kier alpha value is -2.33. The van der Waals surface area contributed by atoms with Crippen molar-refractivity contribution in [2.45, 2.75) is 76.3 Å². The molecule has 4 fully saturated rings. The predicted octanol–water partition coefficient (Wildman–Crippen LogP) is 6.33. The van der Waals surface area contributed by atoms with Gasteiger partial charge in [-0.05, 0) is 112 Å². The smallest absolute Gasteiger partial charge is 0.338 e. The third-order valence-electron chi connectivity index (χ3n) is 9.04. The summed E-state index contributed by atoms with van der Waals surface area (Å²) in [5, 5.41) is 0. The van der Waals surface area contributed by atoms with Gasteiger partial charge in [0.2, 0.25) is 0 Å². The molecule has 180 valence electrons. The van der Waals surface area contributed by atoms with Crippen LogP contribution in [0.15, 0.2) is 48.5 Å². The highest BCUT2D eigenvalue weighted by Crippen LogP contribution is 2.54. The number of hydrogen-bond acceptors (Lipinski definition) is 4. The average Bonchev–Trinajstić information content (AvgIpc) is 3.59. The Balaban J connectivity index is 1.06. The van der Waals surface area contributed by atoms with Gasteiger partial charge in [-0.2, -0.15) is 0 Å². The number of anilines is 1. The predicted molar refractivity (Wildman–Crippen MR) is 136 cm³/mol. The first-order chi connectivity index (χ1) is 16.7. The van der Waals surface area contributed by atoms with Crippen LogP contribution >= 0.6 is 0 Å². The molecule has 2 aromatic carbocycles. The molecular formula is C30H38N2O2. The summed E-state index contributed by atoms with van der Waals surface area (Å²) in [6.45, 7) is 5.79. The second-order valence-electron chi connectivity index (χ2n) is 11.1. The van der Waals surface area contributed by atoms with Crippen molar-refractivity contribution >= 4 is 11.7 Å². The lowest BCUT2D eigenvalue weighted by molar-refractivity contribution is -0.0227. The molecule has 2 aliphatic heterocycles. The highest BCUT2D eigenvalue weighted by molar-refractivity contribution is 5.89. The summed E-state index contributed by atoms with van der Waals surface area (Å²) in [6, 6.07) is 18.7. The first-order valence-electron chi connectivity index (χ1n) is 13.5. The maximum absolute atomic E-state index is 11.9. The minimum Gasteiger partial charge on any atom is -0.462 e. The number of carbonyl (C=O) groups excluding carboxylic acids is 1. The quantitative estimate of drug-likeness (QED) is 0.474. The zero-order valence-corrected chi connectivity index (χ0v) is 20.5. The van der Waals surface area contributed by atoms with Gasteiger partial charge >= 0.3 is 5.97 Å². The van der Waals surface area contributed by atoms with Gasteiger partial charge in [0.25, 0.3) is 0 Å². The summed E-state index contributed by atoms with van der Waals surface area (Å²) in [6.07, 6.45) is 10.8. The molecule has 0 amide bonds. The van der Waals surface area contributed by atoms with Gasteiger partial charge in [-0.15, -0.1) is 0 Å². The average molecular weight is 459 g/mol. The van der Waals surface area contributed by atoms with Gasteiger partial charge in [0, 0.05) is 30.9 Å². The van der Waals surface area contributed by atoms with Crippen LogP contribution in [0.1, 0.15) is 91.7 Å². The maximum Gasteiger partial charge on any atom is 0.338 e. The zero-order chi connectivity index (χ0) is 23.1. The molecular weight excluding hydrogens is 420 g/mol. The SMILES string of the molecule is CCOC(=O)c1ccc(N2CCC3(CC2)CC(N2CCC[C@H]2c2ccccc2C2CC2)C3)cc1. The first kappa shape index (κ1) is 22.2. The lowest BCUT2D eigenvalue weighted by Crippen LogP contribution is -2.54. The van der Waals surface area contributed by atoms with E-state index in [1.54, 1.807) is 11.1 Å². The van der Waals surface area contributed by atoms with Crippen LogP contribution in [0.3, 0.4) is 0 Å². The number of benzene rings is 2. The van der Waals surface area contributed by atoms with E-state index in [4.69, 9.17) is 4.74 Å². The highest BCUT2D eigenvalue weighted by Gasteiger charge is 2.50. The maximum atomic E-state index is 11.9. The summed E-state index contributed by atoms with van der Waals surface area (Å²) < 4.78 is 5.12. The Morgan fingerprint density at radius 3 is 2.32 bits per heavy atom. The number of hydrogen-bond donors (Lipinski definition) is 0. The van der Waals surface area contributed by atoms with Gasteiger partial charge in [0.05, 0.1) is 12.2 Å². The van der Waals surface area contributed by atoms with Crippen molar-refractivity contribution in [1.82, 2.24) is 4.90 Å². The van der Waals surface area contributed by atoms with Crippen molar-refractivity contribution in [1.29, 1.82) is 0 Å². The molecule has 1 atom stereocenters. The second kappa shape index (κ2) is 9.03. The number of esters is 1. The van der Waals surface area contributed by atoms with Crippen LogP contribution in [-0.2, 0) is 4.74 Å². The molecule has 6 rings (SSSR count). The molecule has 0 aromatic heterocycles. The Labute approximate surface area is 204 Å². The Bertz CT molecular complexity index is 1010. The molecule has 4 aliphatic rings. The third-order valence-corrected chi connectivity index (χ3v) is 9.04. The van der Waals surface area contributed by atoms with Gasteiger partial charge in [0.15, 0.2) is 0 Å². The van der Waals surface area contributed by atoms with E-state index >= 15 is 0 Å². The van der Waals surface area contributed by atoms with E-state index in [1.807, 2.05) is 19.1 Å². The Morgan fingerprint density at radius 2 is 1.65 bits per heavy atom. The van der Waals surface area contributed by atoms with Crippen LogP contribution in [0.2, 0.25) is 0 Å². The van der Waals surface area contributed by atoms with Crippen molar-refractivity contribution in [2.75, 3.05) is 31.1 Å². The molecule has 4 nitrogen and oxygen atoms in total. The molecule has 34 heavy (non-hydrogen) atoms. The van der Waals surface area contributed by atoms with Crippen LogP contribution in [0.25, 0.3) is 0 Å². The molecule has 0 bridgehead atoms. The van der Waals surface area contributed by atoms with Crippen molar-refractivity contribution in [3.8, 4) is 0 Å². The highest BCUT2D eigenvalue weighted by atomic mass is 16.5. The fourth-order valence-electron chi connectivity index (χ4n) is 6.99. The summed E-state index contributed by atoms with van der Waals surface area (Å²) in [4.78, 5) is 17.3. The number of piperidine rings is 1. The number of ether oxygens (including phenoxy) is 1. The molecule has 0 N–H and O–H groups in total. The van der Waals surface area contributed by atoms with Gasteiger partial charge in [-0.3, -0.25) is 4.90 Å². The Kier molecular flexibility index (Phi) is 5.89. The van der Waals surface area contributed by atoms with Gasteiger partial charge in [-0.1, -0.05) is 24.3 Å². The van der Waals surface area contributed by atoms with Crippen molar-refractivity contribution in [3.63, 3.8) is 0 Å². The van der Waals surface area contributed by atoms with Crippen LogP contribution in [0.5, 0.6) is 0 Å². The molecule has 0 unspecified atom stereocenters. The second-order valence-corrected chi connectivity index (χ2v) is 11.1. The topological polar surface area (TPSA) is 32.8 Å². The number of likely N-dealkylation sites (tertiary alicyclic amines) is 1. The van der Waals surface area contributed by atoms with Crippen LogP contribution < -0.4 is 4.90 Å². The van der Waals surface area contributed by atoms with Crippen molar-refractivity contribution < 1.29 is 9.53 Å². The molecule has 2 heterocycles. The molecule has 2 aliphatic carbocycles. The molecule has 2 saturated heterocycles. The van der Waals surface area contributed by atoms with Crippen molar-refractivity contribution in [3.05, 3.63) is 65.2 Å². The standard InChI is InChI=1S/C30H38N2O2/c1-2-34-29(33)23-11-13-24(14-12-23)31-18-15-30(16-19-31)20-25(21-30)32-17-5-8-28(32)27-7-4-3-6-26(27)22-9-10-22/h3-4,6-7,11-14,22,25,28H,2,5,8-10,15-21H2,1H3/t28-/m0/s1. The first-order valence-corrected chi connectivity index (χ1v) is 13.5. The molecule has 0 radical (unpaired) electrons. The van der Waals surface area contributed by atoms with Crippen LogP contribution in [0, 0.1) is 5.41 Å². The molecule has 4 heteroatoms. The summed E-state index contributed by atoms with van der Waals surface area (Å²) in [5.74, 6) is 0.606. The van der Waals surface area contributed by atoms with E-state index in [-0.39, 0.29) is 5.97 Å². The summed E-state index contributed by atoms with van der Waals surface area (Å²) in [7, 11) is 0.